The summed E-state index contributed by atoms with van der Waals surface area (Å²) in [6, 6.07) is 0. The lowest BCUT2D eigenvalue weighted by Gasteiger charge is -2.10. The Kier molecular flexibility index (Phi) is 6.88. The highest BCUT2D eigenvalue weighted by Gasteiger charge is 2.05. The lowest BCUT2D eigenvalue weighted by Crippen LogP contribution is -2.24. The average molecular weight is 245 g/mol. The van der Waals surface area contributed by atoms with Crippen molar-refractivity contribution >= 4 is 23.6 Å². The summed E-state index contributed by atoms with van der Waals surface area (Å²) in [4.78, 5) is 21.5. The molecule has 16 heavy (non-hydrogen) atoms. The van der Waals surface area contributed by atoms with Crippen molar-refractivity contribution in [3.8, 4) is 0 Å². The molecular weight excluding hydrogens is 226 g/mol. The third kappa shape index (κ3) is 11.1. The number of hydrogen-bond acceptors (Lipinski definition) is 3. The van der Waals surface area contributed by atoms with E-state index in [-0.39, 0.29) is 17.1 Å². The van der Waals surface area contributed by atoms with Gasteiger partial charge in [-0.1, -0.05) is 26.8 Å². The van der Waals surface area contributed by atoms with Crippen LogP contribution < -0.4 is 5.32 Å². The van der Waals surface area contributed by atoms with Gasteiger partial charge in [-0.3, -0.25) is 9.59 Å². The van der Waals surface area contributed by atoms with Crippen LogP contribution in [0.3, 0.4) is 0 Å². The number of carboxylic acid groups (broad SMARTS) is 1. The molecule has 0 aromatic carbocycles. The third-order valence-corrected chi connectivity index (χ3v) is 2.45. The number of nitrogens with one attached hydrogen (secondary N) is 1. The second kappa shape index (κ2) is 7.33. The predicted octanol–water partition coefficient (Wildman–Crippen LogP) is 1.52. The van der Waals surface area contributed by atoms with Crippen molar-refractivity contribution in [2.45, 2.75) is 20.8 Å². The summed E-state index contributed by atoms with van der Waals surface area (Å²) in [6.45, 7) is 6.53. The molecule has 1 amide bonds. The number of thioether (sulfide) groups is 1. The smallest absolute Gasteiger partial charge is 0.313 e. The Morgan fingerprint density at radius 2 is 2.00 bits per heavy atom. The maximum Gasteiger partial charge on any atom is 0.313 e. The van der Waals surface area contributed by atoms with E-state index >= 15 is 0 Å². The minimum Gasteiger partial charge on any atom is -0.481 e. The summed E-state index contributed by atoms with van der Waals surface area (Å²) >= 11 is 1.29. The van der Waals surface area contributed by atoms with E-state index in [2.05, 4.69) is 5.32 Å². The molecular formula is C11H19NO3S. The zero-order valence-corrected chi connectivity index (χ0v) is 10.8. The SMILES string of the molecule is CC(C)(C)/C=C/C(=O)NCCSCC(=O)O. The van der Waals surface area contributed by atoms with Gasteiger partial charge in [0, 0.05) is 12.3 Å². The van der Waals surface area contributed by atoms with Gasteiger partial charge in [-0.2, -0.15) is 0 Å². The molecule has 0 unspecified atom stereocenters. The van der Waals surface area contributed by atoms with E-state index in [0.29, 0.717) is 12.3 Å². The van der Waals surface area contributed by atoms with Crippen molar-refractivity contribution < 1.29 is 14.7 Å². The number of hydrogen-bond donors (Lipinski definition) is 2. The largest absolute Gasteiger partial charge is 0.481 e. The highest BCUT2D eigenvalue weighted by molar-refractivity contribution is 7.99. The summed E-state index contributed by atoms with van der Waals surface area (Å²) < 4.78 is 0. The van der Waals surface area contributed by atoms with Crippen LogP contribution in [0.2, 0.25) is 0 Å². The molecule has 0 aliphatic heterocycles. The topological polar surface area (TPSA) is 66.4 Å². The Labute approximate surface area is 100 Å². The Balaban J connectivity index is 3.59. The number of carboxylic acids is 1. The molecule has 5 heteroatoms. The van der Waals surface area contributed by atoms with Crippen LogP contribution in [0.25, 0.3) is 0 Å². The first-order valence-corrected chi connectivity index (χ1v) is 6.23. The minimum absolute atomic E-state index is 0.00457. The van der Waals surface area contributed by atoms with Crippen molar-refractivity contribution in [1.29, 1.82) is 0 Å². The van der Waals surface area contributed by atoms with Gasteiger partial charge < -0.3 is 10.4 Å². The van der Waals surface area contributed by atoms with Crippen LogP contribution in [0.15, 0.2) is 12.2 Å². The summed E-state index contributed by atoms with van der Waals surface area (Å²) in [7, 11) is 0. The molecule has 0 saturated heterocycles. The van der Waals surface area contributed by atoms with E-state index in [0.717, 1.165) is 0 Å². The van der Waals surface area contributed by atoms with Crippen LogP contribution in [0.4, 0.5) is 0 Å². The van der Waals surface area contributed by atoms with Gasteiger partial charge in [0.25, 0.3) is 0 Å². The van der Waals surface area contributed by atoms with E-state index < -0.39 is 5.97 Å². The molecule has 0 aliphatic rings. The van der Waals surface area contributed by atoms with E-state index in [1.165, 1.54) is 17.8 Å². The lowest BCUT2D eigenvalue weighted by molar-refractivity contribution is -0.133. The van der Waals surface area contributed by atoms with Gasteiger partial charge in [-0.15, -0.1) is 11.8 Å². The normalized spacial score (nSPS) is 11.7. The van der Waals surface area contributed by atoms with Crippen molar-refractivity contribution in [3.05, 3.63) is 12.2 Å². The maximum absolute atomic E-state index is 11.3. The molecule has 92 valence electrons. The van der Waals surface area contributed by atoms with Crippen molar-refractivity contribution in [2.75, 3.05) is 18.1 Å². The Morgan fingerprint density at radius 1 is 1.38 bits per heavy atom. The third-order valence-electron chi connectivity index (χ3n) is 1.51. The molecule has 0 heterocycles. The Hall–Kier alpha value is -0.970. The van der Waals surface area contributed by atoms with E-state index in [9.17, 15) is 9.59 Å². The number of rotatable bonds is 6. The highest BCUT2D eigenvalue weighted by atomic mass is 32.2. The molecule has 2 N–H and O–H groups in total. The van der Waals surface area contributed by atoms with Gasteiger partial charge in [0.1, 0.15) is 0 Å². The fraction of sp³-hybridized carbons (Fsp3) is 0.636. The van der Waals surface area contributed by atoms with Gasteiger partial charge in [0.15, 0.2) is 0 Å². The molecule has 0 fully saturated rings. The maximum atomic E-state index is 11.3. The van der Waals surface area contributed by atoms with Gasteiger partial charge in [0.05, 0.1) is 5.75 Å². The second-order valence-corrected chi connectivity index (χ2v) is 5.54. The quantitative estimate of drug-likeness (QED) is 0.550. The molecule has 4 nitrogen and oxygen atoms in total. The summed E-state index contributed by atoms with van der Waals surface area (Å²) in [6.07, 6.45) is 3.36. The van der Waals surface area contributed by atoms with Crippen LogP contribution in [0.1, 0.15) is 20.8 Å². The molecule has 0 aromatic rings. The zero-order chi connectivity index (χ0) is 12.6. The predicted molar refractivity (Wildman–Crippen MR) is 66.6 cm³/mol. The monoisotopic (exact) mass is 245 g/mol. The van der Waals surface area contributed by atoms with Crippen molar-refractivity contribution in [3.63, 3.8) is 0 Å². The molecule has 0 rings (SSSR count). The molecule has 0 spiro atoms. The van der Waals surface area contributed by atoms with Gasteiger partial charge in [-0.25, -0.2) is 0 Å². The number of allylic oxidation sites excluding steroid dienone is 1. The van der Waals surface area contributed by atoms with Crippen LogP contribution in [-0.2, 0) is 9.59 Å². The van der Waals surface area contributed by atoms with Crippen LogP contribution in [0.5, 0.6) is 0 Å². The summed E-state index contributed by atoms with van der Waals surface area (Å²) in [5, 5.41) is 11.1. The fourth-order valence-electron chi connectivity index (χ4n) is 0.790. The molecule has 0 saturated carbocycles. The molecule has 0 atom stereocenters. The standard InChI is InChI=1S/C11H19NO3S/c1-11(2,3)5-4-9(13)12-6-7-16-8-10(14)15/h4-5H,6-8H2,1-3H3,(H,12,13)(H,14,15)/b5-4+. The zero-order valence-electron chi connectivity index (χ0n) is 9.95. The average Bonchev–Trinajstić information content (AvgIpc) is 2.12. The van der Waals surface area contributed by atoms with E-state index in [1.54, 1.807) is 0 Å². The molecule has 0 bridgehead atoms. The van der Waals surface area contributed by atoms with Gasteiger partial charge in [0.2, 0.25) is 5.91 Å². The number of carbonyl (C=O) groups is 2. The first-order chi connectivity index (χ1) is 7.31. The Bertz CT molecular complexity index is 269. The Morgan fingerprint density at radius 3 is 2.50 bits per heavy atom. The fourth-order valence-corrected chi connectivity index (χ4v) is 1.36. The van der Waals surface area contributed by atoms with E-state index in [4.69, 9.17) is 5.11 Å². The van der Waals surface area contributed by atoms with Crippen LogP contribution in [0, 0.1) is 5.41 Å². The number of aliphatic carboxylic acids is 1. The highest BCUT2D eigenvalue weighted by Crippen LogP contribution is 2.13. The van der Waals surface area contributed by atoms with Crippen molar-refractivity contribution in [2.24, 2.45) is 5.41 Å². The summed E-state index contributed by atoms with van der Waals surface area (Å²) in [5.74, 6) is -0.274. The van der Waals surface area contributed by atoms with Crippen LogP contribution in [-0.4, -0.2) is 35.0 Å². The molecule has 0 aliphatic carbocycles. The van der Waals surface area contributed by atoms with E-state index in [1.807, 2.05) is 26.8 Å². The number of carbonyl (C=O) groups excluding carboxylic acids is 1. The van der Waals surface area contributed by atoms with Gasteiger partial charge >= 0.3 is 5.97 Å². The first-order valence-electron chi connectivity index (χ1n) is 5.08. The first kappa shape index (κ1) is 15.0. The summed E-state index contributed by atoms with van der Waals surface area (Å²) in [5.41, 5.74) is -0.00457. The second-order valence-electron chi connectivity index (χ2n) is 4.44. The number of amides is 1. The lowest BCUT2D eigenvalue weighted by atomic mass is 9.96. The van der Waals surface area contributed by atoms with Gasteiger partial charge in [-0.05, 0) is 11.5 Å². The molecule has 0 aromatic heterocycles. The van der Waals surface area contributed by atoms with Crippen LogP contribution >= 0.6 is 11.8 Å². The van der Waals surface area contributed by atoms with Crippen molar-refractivity contribution in [1.82, 2.24) is 5.32 Å². The minimum atomic E-state index is -0.830. The molecule has 0 radical (unpaired) electrons.